The fourth-order valence-electron chi connectivity index (χ4n) is 1.44. The van der Waals surface area contributed by atoms with Gasteiger partial charge in [0.2, 0.25) is 0 Å². The first-order chi connectivity index (χ1) is 9.04. The molecule has 19 heavy (non-hydrogen) atoms. The lowest BCUT2D eigenvalue weighted by atomic mass is 10.2. The Hall–Kier alpha value is -1.89. The van der Waals surface area contributed by atoms with Crippen molar-refractivity contribution in [2.24, 2.45) is 0 Å². The van der Waals surface area contributed by atoms with Gasteiger partial charge in [-0.05, 0) is 12.1 Å². The molecular weight excluding hydrogens is 317 g/mol. The Balaban J connectivity index is 1.89. The summed E-state index contributed by atoms with van der Waals surface area (Å²) in [6, 6.07) is 4.55. The predicted molar refractivity (Wildman–Crippen MR) is 70.5 cm³/mol. The molecule has 1 aromatic heterocycles. The van der Waals surface area contributed by atoms with Gasteiger partial charge >= 0.3 is 5.97 Å². The Bertz CT molecular complexity index is 600. The number of carbonyl (C=O) groups is 1. The molecule has 1 aromatic carbocycles. The van der Waals surface area contributed by atoms with Crippen LogP contribution in [0.5, 0.6) is 0 Å². The van der Waals surface area contributed by atoms with Gasteiger partial charge in [0.05, 0.1) is 11.9 Å². The highest BCUT2D eigenvalue weighted by Gasteiger charge is 2.08. The fourth-order valence-corrected chi connectivity index (χ4v) is 1.77. The van der Waals surface area contributed by atoms with E-state index in [-0.39, 0.29) is 13.2 Å². The lowest BCUT2D eigenvalue weighted by Gasteiger charge is -2.06. The number of halogens is 2. The molecule has 0 saturated heterocycles. The highest BCUT2D eigenvalue weighted by Crippen LogP contribution is 2.16. The van der Waals surface area contributed by atoms with Gasteiger partial charge in [0.25, 0.3) is 0 Å². The van der Waals surface area contributed by atoms with E-state index in [2.05, 4.69) is 21.0 Å². The number of nitrogens with zero attached hydrogens (tertiary/aromatic N) is 2. The maximum Gasteiger partial charge on any atom is 0.328 e. The van der Waals surface area contributed by atoms with Crippen molar-refractivity contribution in [1.82, 2.24) is 9.78 Å². The minimum atomic E-state index is -0.509. The summed E-state index contributed by atoms with van der Waals surface area (Å²) in [6.45, 7) is -0.177. The van der Waals surface area contributed by atoms with Gasteiger partial charge in [-0.1, -0.05) is 22.0 Å². The molecule has 0 fully saturated rings. The van der Waals surface area contributed by atoms with E-state index in [1.54, 1.807) is 12.1 Å². The molecule has 7 heteroatoms. The van der Waals surface area contributed by atoms with Gasteiger partial charge in [-0.3, -0.25) is 9.48 Å². The zero-order valence-electron chi connectivity index (χ0n) is 9.85. The van der Waals surface area contributed by atoms with Crippen LogP contribution in [0.1, 0.15) is 5.56 Å². The summed E-state index contributed by atoms with van der Waals surface area (Å²) in [4.78, 5) is 11.5. The molecular formula is C12H11BrFN3O2. The number of ether oxygens (including phenoxy) is 1. The topological polar surface area (TPSA) is 70.1 Å². The van der Waals surface area contributed by atoms with Crippen molar-refractivity contribution < 1.29 is 13.9 Å². The van der Waals surface area contributed by atoms with Crippen LogP contribution in [0.25, 0.3) is 0 Å². The zero-order chi connectivity index (χ0) is 13.8. The van der Waals surface area contributed by atoms with E-state index in [0.717, 1.165) is 0 Å². The molecule has 0 spiro atoms. The first-order valence-electron chi connectivity index (χ1n) is 5.42. The van der Waals surface area contributed by atoms with Crippen LogP contribution in [0.3, 0.4) is 0 Å². The second-order valence-electron chi connectivity index (χ2n) is 3.87. The largest absolute Gasteiger partial charge is 0.459 e. The molecule has 0 aliphatic carbocycles. The molecule has 0 saturated carbocycles. The molecule has 5 nitrogen and oxygen atoms in total. The third-order valence-electron chi connectivity index (χ3n) is 2.35. The van der Waals surface area contributed by atoms with E-state index >= 15 is 0 Å². The Labute approximate surface area is 117 Å². The number of esters is 1. The van der Waals surface area contributed by atoms with Crippen LogP contribution in [0, 0.1) is 5.82 Å². The van der Waals surface area contributed by atoms with Gasteiger partial charge in [-0.2, -0.15) is 5.10 Å². The number of hydrogen-bond donors (Lipinski definition) is 1. The van der Waals surface area contributed by atoms with E-state index in [1.807, 2.05) is 0 Å². The molecule has 0 aliphatic rings. The number of carbonyl (C=O) groups excluding carboxylic acids is 1. The number of rotatable bonds is 4. The van der Waals surface area contributed by atoms with Crippen molar-refractivity contribution in [3.63, 3.8) is 0 Å². The van der Waals surface area contributed by atoms with Crippen molar-refractivity contribution in [3.8, 4) is 0 Å². The van der Waals surface area contributed by atoms with E-state index in [9.17, 15) is 9.18 Å². The first kappa shape index (κ1) is 13.5. The van der Waals surface area contributed by atoms with Crippen molar-refractivity contribution in [2.75, 3.05) is 5.73 Å². The van der Waals surface area contributed by atoms with Crippen LogP contribution in [0.4, 0.5) is 10.1 Å². The number of anilines is 1. The Morgan fingerprint density at radius 2 is 2.32 bits per heavy atom. The lowest BCUT2D eigenvalue weighted by molar-refractivity contribution is -0.145. The Morgan fingerprint density at radius 1 is 1.53 bits per heavy atom. The minimum Gasteiger partial charge on any atom is -0.459 e. The van der Waals surface area contributed by atoms with Gasteiger partial charge in [0, 0.05) is 16.2 Å². The van der Waals surface area contributed by atoms with E-state index in [0.29, 0.717) is 15.7 Å². The smallest absolute Gasteiger partial charge is 0.328 e. The number of nitrogens with two attached hydrogens (primary N) is 1. The molecule has 0 amide bonds. The second-order valence-corrected chi connectivity index (χ2v) is 4.78. The Morgan fingerprint density at radius 3 is 2.95 bits per heavy atom. The lowest BCUT2D eigenvalue weighted by Crippen LogP contribution is -2.14. The first-order valence-corrected chi connectivity index (χ1v) is 6.21. The van der Waals surface area contributed by atoms with Crippen molar-refractivity contribution in [2.45, 2.75) is 13.2 Å². The molecule has 2 aromatic rings. The number of nitrogen functional groups attached to an aromatic ring is 1. The average Bonchev–Trinajstić information content (AvgIpc) is 2.73. The Kier molecular flexibility index (Phi) is 4.16. The molecule has 2 N–H and O–H groups in total. The number of hydrogen-bond acceptors (Lipinski definition) is 4. The molecule has 1 heterocycles. The van der Waals surface area contributed by atoms with E-state index in [4.69, 9.17) is 10.5 Å². The van der Waals surface area contributed by atoms with Crippen molar-refractivity contribution in [3.05, 3.63) is 46.4 Å². The molecule has 2 rings (SSSR count). The highest BCUT2D eigenvalue weighted by atomic mass is 79.9. The van der Waals surface area contributed by atoms with Crippen LogP contribution in [-0.2, 0) is 22.7 Å². The molecule has 0 bridgehead atoms. The number of aromatic nitrogens is 2. The van der Waals surface area contributed by atoms with Crippen LogP contribution < -0.4 is 5.73 Å². The summed E-state index contributed by atoms with van der Waals surface area (Å²) in [5.41, 5.74) is 6.24. The third kappa shape index (κ3) is 3.78. The van der Waals surface area contributed by atoms with Gasteiger partial charge < -0.3 is 10.5 Å². The quantitative estimate of drug-likeness (QED) is 0.873. The third-order valence-corrected chi connectivity index (χ3v) is 2.84. The van der Waals surface area contributed by atoms with Crippen LogP contribution in [0.15, 0.2) is 35.1 Å². The average molecular weight is 328 g/mol. The zero-order valence-corrected chi connectivity index (χ0v) is 11.4. The van der Waals surface area contributed by atoms with Gasteiger partial charge in [-0.25, -0.2) is 4.39 Å². The summed E-state index contributed by atoms with van der Waals surface area (Å²) in [6.07, 6.45) is 2.95. The second kappa shape index (κ2) is 5.83. The maximum atomic E-state index is 13.5. The summed E-state index contributed by atoms with van der Waals surface area (Å²) < 4.78 is 20.4. The summed E-state index contributed by atoms with van der Waals surface area (Å²) in [5.74, 6) is -0.934. The number of benzene rings is 1. The van der Waals surface area contributed by atoms with Gasteiger partial charge in [0.15, 0.2) is 0 Å². The fraction of sp³-hybridized carbons (Fsp3) is 0.167. The standard InChI is InChI=1S/C12H11BrFN3O2/c13-9-2-1-8(11(14)3-9)7-19-12(18)6-17-5-10(15)4-16-17/h1-5H,6-7,15H2. The summed E-state index contributed by atoms with van der Waals surface area (Å²) in [7, 11) is 0. The molecule has 0 aliphatic heterocycles. The molecule has 0 radical (unpaired) electrons. The SMILES string of the molecule is Nc1cnn(CC(=O)OCc2ccc(Br)cc2F)c1. The van der Waals surface area contributed by atoms with E-state index in [1.165, 1.54) is 23.1 Å². The highest BCUT2D eigenvalue weighted by molar-refractivity contribution is 9.10. The van der Waals surface area contributed by atoms with Gasteiger partial charge in [-0.15, -0.1) is 0 Å². The van der Waals surface area contributed by atoms with Crippen molar-refractivity contribution >= 4 is 27.6 Å². The van der Waals surface area contributed by atoms with Crippen LogP contribution >= 0.6 is 15.9 Å². The van der Waals surface area contributed by atoms with Gasteiger partial charge in [0.1, 0.15) is 19.0 Å². The summed E-state index contributed by atoms with van der Waals surface area (Å²) >= 11 is 3.15. The molecule has 0 unspecified atom stereocenters. The summed E-state index contributed by atoms with van der Waals surface area (Å²) in [5, 5.41) is 3.85. The van der Waals surface area contributed by atoms with Crippen molar-refractivity contribution in [1.29, 1.82) is 0 Å². The molecule has 100 valence electrons. The van der Waals surface area contributed by atoms with E-state index < -0.39 is 11.8 Å². The monoisotopic (exact) mass is 327 g/mol. The van der Waals surface area contributed by atoms with Crippen LogP contribution in [0.2, 0.25) is 0 Å². The maximum absolute atomic E-state index is 13.5. The minimum absolute atomic E-state index is 0.0602. The predicted octanol–water partition coefficient (Wildman–Crippen LogP) is 2.11. The molecule has 0 atom stereocenters. The normalized spacial score (nSPS) is 10.4. The van der Waals surface area contributed by atoms with Crippen LogP contribution in [-0.4, -0.2) is 15.7 Å².